The van der Waals surface area contributed by atoms with E-state index in [0.29, 0.717) is 12.8 Å². The predicted octanol–water partition coefficient (Wildman–Crippen LogP) is 3.72. The van der Waals surface area contributed by atoms with E-state index in [9.17, 15) is 10.2 Å². The Balaban J connectivity index is 2.32. The summed E-state index contributed by atoms with van der Waals surface area (Å²) < 4.78 is 6.73. The van der Waals surface area contributed by atoms with Crippen molar-refractivity contribution in [2.75, 3.05) is 6.61 Å². The summed E-state index contributed by atoms with van der Waals surface area (Å²) >= 11 is 0. The SMILES string of the molecule is CC(C)C(O)CC[C@H](O)CO[Si](c1ccccc1)(c1ccccc1)C(C)(C)C. The molecule has 3 nitrogen and oxygen atoms in total. The molecule has 0 aromatic heterocycles. The topological polar surface area (TPSA) is 49.7 Å². The summed E-state index contributed by atoms with van der Waals surface area (Å²) in [5.74, 6) is 0.199. The maximum absolute atomic E-state index is 10.6. The van der Waals surface area contributed by atoms with Gasteiger partial charge in [-0.3, -0.25) is 0 Å². The molecule has 0 fully saturated rings. The highest BCUT2D eigenvalue weighted by molar-refractivity contribution is 6.99. The van der Waals surface area contributed by atoms with Crippen LogP contribution >= 0.6 is 0 Å². The van der Waals surface area contributed by atoms with E-state index in [1.165, 1.54) is 10.4 Å². The first kappa shape index (κ1) is 22.8. The first-order chi connectivity index (χ1) is 13.2. The van der Waals surface area contributed by atoms with Crippen LogP contribution in [-0.4, -0.2) is 37.3 Å². The van der Waals surface area contributed by atoms with Crippen molar-refractivity contribution in [3.05, 3.63) is 60.7 Å². The van der Waals surface area contributed by atoms with Crippen molar-refractivity contribution in [2.24, 2.45) is 5.92 Å². The number of hydrogen-bond donors (Lipinski definition) is 2. The Kier molecular flexibility index (Phi) is 8.02. The van der Waals surface area contributed by atoms with E-state index in [0.717, 1.165) is 0 Å². The van der Waals surface area contributed by atoms with Gasteiger partial charge in [-0.1, -0.05) is 95.3 Å². The van der Waals surface area contributed by atoms with Crippen LogP contribution in [-0.2, 0) is 4.43 Å². The fourth-order valence-corrected chi connectivity index (χ4v) is 8.36. The van der Waals surface area contributed by atoms with Gasteiger partial charge >= 0.3 is 0 Å². The molecule has 0 heterocycles. The molecule has 0 aliphatic rings. The van der Waals surface area contributed by atoms with Gasteiger partial charge in [0.25, 0.3) is 8.32 Å². The molecule has 0 amide bonds. The molecule has 1 unspecified atom stereocenters. The molecule has 0 radical (unpaired) electrons. The van der Waals surface area contributed by atoms with Crippen LogP contribution in [0.4, 0.5) is 0 Å². The van der Waals surface area contributed by atoms with Gasteiger partial charge in [0.2, 0.25) is 0 Å². The van der Waals surface area contributed by atoms with E-state index < -0.39 is 14.4 Å². The maximum atomic E-state index is 10.6. The van der Waals surface area contributed by atoms with Gasteiger partial charge in [0.05, 0.1) is 18.8 Å². The van der Waals surface area contributed by atoms with Crippen LogP contribution in [0.3, 0.4) is 0 Å². The Hall–Kier alpha value is -1.46. The van der Waals surface area contributed by atoms with Crippen LogP contribution in [0, 0.1) is 5.92 Å². The van der Waals surface area contributed by atoms with Gasteiger partial charge in [0.15, 0.2) is 0 Å². The highest BCUT2D eigenvalue weighted by atomic mass is 28.4. The smallest absolute Gasteiger partial charge is 0.261 e. The normalized spacial score (nSPS) is 14.9. The summed E-state index contributed by atoms with van der Waals surface area (Å²) in [6.07, 6.45) is 0.151. The molecule has 2 N–H and O–H groups in total. The second kappa shape index (κ2) is 9.84. The van der Waals surface area contributed by atoms with Crippen molar-refractivity contribution in [1.29, 1.82) is 0 Å². The van der Waals surface area contributed by atoms with Crippen LogP contribution < -0.4 is 10.4 Å². The fourth-order valence-electron chi connectivity index (χ4n) is 3.76. The molecule has 28 heavy (non-hydrogen) atoms. The van der Waals surface area contributed by atoms with Crippen molar-refractivity contribution in [2.45, 2.75) is 64.7 Å². The van der Waals surface area contributed by atoms with Crippen molar-refractivity contribution >= 4 is 18.7 Å². The van der Waals surface area contributed by atoms with Crippen LogP contribution in [0.2, 0.25) is 5.04 Å². The summed E-state index contributed by atoms with van der Waals surface area (Å²) in [7, 11) is -2.61. The number of hydrogen-bond acceptors (Lipinski definition) is 3. The molecule has 0 aliphatic heterocycles. The minimum absolute atomic E-state index is 0.104. The van der Waals surface area contributed by atoms with Gasteiger partial charge in [-0.05, 0) is 34.2 Å². The van der Waals surface area contributed by atoms with Crippen molar-refractivity contribution in [3.63, 3.8) is 0 Å². The largest absolute Gasteiger partial charge is 0.405 e. The maximum Gasteiger partial charge on any atom is 0.261 e. The zero-order valence-corrected chi connectivity index (χ0v) is 18.9. The van der Waals surface area contributed by atoms with E-state index in [-0.39, 0.29) is 23.7 Å². The molecule has 0 saturated carbocycles. The average molecular weight is 401 g/mol. The van der Waals surface area contributed by atoms with E-state index in [1.54, 1.807) is 0 Å². The quantitative estimate of drug-likeness (QED) is 0.631. The third-order valence-electron chi connectivity index (χ3n) is 5.47. The molecule has 154 valence electrons. The molecule has 4 heteroatoms. The Morgan fingerprint density at radius 2 is 1.29 bits per heavy atom. The monoisotopic (exact) mass is 400 g/mol. The summed E-state index contributed by atoms with van der Waals surface area (Å²) in [5.41, 5.74) is 0. The Bertz CT molecular complexity index is 655. The third-order valence-corrected chi connectivity index (χ3v) is 10.5. The molecular formula is C24H36O3Si. The second-order valence-corrected chi connectivity index (χ2v) is 13.3. The van der Waals surface area contributed by atoms with Crippen molar-refractivity contribution in [1.82, 2.24) is 0 Å². The van der Waals surface area contributed by atoms with Gasteiger partial charge in [-0.2, -0.15) is 0 Å². The van der Waals surface area contributed by atoms with Gasteiger partial charge in [-0.25, -0.2) is 0 Å². The number of rotatable bonds is 9. The van der Waals surface area contributed by atoms with E-state index in [2.05, 4.69) is 69.3 Å². The number of benzene rings is 2. The van der Waals surface area contributed by atoms with Gasteiger partial charge in [-0.15, -0.1) is 0 Å². The number of aliphatic hydroxyl groups is 2. The molecular weight excluding hydrogens is 364 g/mol. The third kappa shape index (κ3) is 5.32. The van der Waals surface area contributed by atoms with Crippen LogP contribution in [0.1, 0.15) is 47.5 Å². The van der Waals surface area contributed by atoms with Crippen LogP contribution in [0.25, 0.3) is 0 Å². The lowest BCUT2D eigenvalue weighted by molar-refractivity contribution is 0.0603. The summed E-state index contributed by atoms with van der Waals surface area (Å²) in [6.45, 7) is 11.0. The van der Waals surface area contributed by atoms with E-state index in [4.69, 9.17) is 4.43 Å². The predicted molar refractivity (Wildman–Crippen MR) is 120 cm³/mol. The van der Waals surface area contributed by atoms with Crippen molar-refractivity contribution < 1.29 is 14.6 Å². The molecule has 0 spiro atoms. The van der Waals surface area contributed by atoms with Gasteiger partial charge < -0.3 is 14.6 Å². The average Bonchev–Trinajstić information content (AvgIpc) is 2.67. The molecule has 0 aliphatic carbocycles. The molecule has 2 rings (SSSR count). The van der Waals surface area contributed by atoms with E-state index >= 15 is 0 Å². The summed E-state index contributed by atoms with van der Waals surface area (Å²) in [4.78, 5) is 0. The molecule has 2 aromatic carbocycles. The lowest BCUT2D eigenvalue weighted by atomic mass is 10.0. The molecule has 2 atom stereocenters. The highest BCUT2D eigenvalue weighted by Gasteiger charge is 2.50. The lowest BCUT2D eigenvalue weighted by Crippen LogP contribution is -2.67. The summed E-state index contributed by atoms with van der Waals surface area (Å²) in [5, 5.41) is 23.0. The molecule has 0 bridgehead atoms. The summed E-state index contributed by atoms with van der Waals surface area (Å²) in [6, 6.07) is 20.9. The van der Waals surface area contributed by atoms with Gasteiger partial charge in [0, 0.05) is 0 Å². The number of aliphatic hydroxyl groups excluding tert-OH is 2. The standard InChI is InChI=1S/C24H36O3Si/c1-19(2)23(26)17-16-20(25)18-27-28(24(3,4)5,21-12-8-6-9-13-21)22-14-10-7-11-15-22/h6-15,19-20,23,25-26H,16-18H2,1-5H3/t20-,23?/m0/s1. The first-order valence-corrected chi connectivity index (χ1v) is 12.2. The van der Waals surface area contributed by atoms with E-state index in [1.807, 2.05) is 26.0 Å². The minimum atomic E-state index is -2.61. The molecule has 0 saturated heterocycles. The molecule has 2 aromatic rings. The fraction of sp³-hybridized carbons (Fsp3) is 0.500. The Labute approximate surface area is 171 Å². The van der Waals surface area contributed by atoms with Gasteiger partial charge in [0.1, 0.15) is 0 Å². The highest BCUT2D eigenvalue weighted by Crippen LogP contribution is 2.36. The Morgan fingerprint density at radius 3 is 1.68 bits per heavy atom. The first-order valence-electron chi connectivity index (χ1n) is 10.3. The zero-order valence-electron chi connectivity index (χ0n) is 17.9. The van der Waals surface area contributed by atoms with Crippen LogP contribution in [0.15, 0.2) is 60.7 Å². The minimum Gasteiger partial charge on any atom is -0.405 e. The lowest BCUT2D eigenvalue weighted by Gasteiger charge is -2.43. The second-order valence-electron chi connectivity index (χ2n) is 9.02. The Morgan fingerprint density at radius 1 is 0.821 bits per heavy atom. The van der Waals surface area contributed by atoms with Crippen LogP contribution in [0.5, 0.6) is 0 Å². The van der Waals surface area contributed by atoms with Crippen molar-refractivity contribution in [3.8, 4) is 0 Å². The zero-order chi connectivity index (χ0) is 20.8.